The van der Waals surface area contributed by atoms with E-state index >= 15 is 0 Å². The lowest BCUT2D eigenvalue weighted by Gasteiger charge is -1.99. The molecule has 56 valence electrons. The van der Waals surface area contributed by atoms with E-state index in [9.17, 15) is 9.36 Å². The van der Waals surface area contributed by atoms with Gasteiger partial charge in [0.25, 0.3) is 0 Å². The molecule has 0 saturated carbocycles. The van der Waals surface area contributed by atoms with Crippen molar-refractivity contribution >= 4 is 14.2 Å². The Morgan fingerprint density at radius 2 is 2.30 bits per heavy atom. The fraction of sp³-hybridized carbons (Fsp3) is 0.500. The van der Waals surface area contributed by atoms with Gasteiger partial charge in [-0.2, -0.15) is 0 Å². The van der Waals surface area contributed by atoms with Gasteiger partial charge in [-0.15, -0.1) is 0 Å². The first-order chi connectivity index (χ1) is 4.59. The Kier molecular flexibility index (Phi) is 4.08. The van der Waals surface area contributed by atoms with Crippen LogP contribution >= 0.6 is 8.46 Å². The molecule has 0 aromatic carbocycles. The van der Waals surface area contributed by atoms with Gasteiger partial charge in [0, 0.05) is 0 Å². The van der Waals surface area contributed by atoms with Gasteiger partial charge in [0.1, 0.15) is 0 Å². The average molecular weight is 161 g/mol. The summed E-state index contributed by atoms with van der Waals surface area (Å²) in [4.78, 5) is 10.7. The van der Waals surface area contributed by atoms with E-state index in [1.54, 1.807) is 0 Å². The molecule has 0 aliphatic carbocycles. The third kappa shape index (κ3) is 2.85. The first-order valence-corrected chi connectivity index (χ1v) is 3.94. The number of hydrogen-bond acceptors (Lipinski definition) is 3. The molecule has 0 rings (SSSR count). The van der Waals surface area contributed by atoms with E-state index < -0.39 is 20.3 Å². The van der Waals surface area contributed by atoms with Gasteiger partial charge in [-0.3, -0.25) is 4.79 Å². The smallest absolute Gasteiger partial charge is 0.328 e. The minimum atomic E-state index is -1.13. The van der Waals surface area contributed by atoms with Crippen LogP contribution in [0.5, 0.6) is 0 Å². The van der Waals surface area contributed by atoms with Gasteiger partial charge in [0.05, 0.1) is 0 Å². The molecular formula is C6H10O3P+. The van der Waals surface area contributed by atoms with Gasteiger partial charge in [-0.1, -0.05) is 11.1 Å². The van der Waals surface area contributed by atoms with Crippen molar-refractivity contribution in [2.24, 2.45) is 0 Å². The molecule has 0 aromatic rings. The number of hydrogen-bond donors (Lipinski definition) is 1. The standard InChI is InChI=1S/C6H9O3P/c1-4(2)6(8)5(7)3-10-9/h5,7H,1,3H2,2H3/p+1. The lowest BCUT2D eigenvalue weighted by molar-refractivity contribution is -0.122. The Balaban J connectivity index is 3.94. The number of rotatable bonds is 4. The Bertz CT molecular complexity index is 164. The van der Waals surface area contributed by atoms with Crippen LogP contribution in [0.2, 0.25) is 0 Å². The Hall–Kier alpha value is -0.530. The summed E-state index contributed by atoms with van der Waals surface area (Å²) < 4.78 is 9.95. The van der Waals surface area contributed by atoms with Gasteiger partial charge in [-0.05, 0) is 12.5 Å². The van der Waals surface area contributed by atoms with Crippen LogP contribution < -0.4 is 0 Å². The summed E-state index contributed by atoms with van der Waals surface area (Å²) in [6, 6.07) is 0. The summed E-state index contributed by atoms with van der Waals surface area (Å²) >= 11 is 0. The highest BCUT2D eigenvalue weighted by Gasteiger charge is 2.18. The van der Waals surface area contributed by atoms with Crippen molar-refractivity contribution in [2.75, 3.05) is 6.16 Å². The maximum atomic E-state index is 10.7. The second kappa shape index (κ2) is 4.31. The van der Waals surface area contributed by atoms with E-state index in [1.165, 1.54) is 6.92 Å². The van der Waals surface area contributed by atoms with Gasteiger partial charge in [0.2, 0.25) is 0 Å². The van der Waals surface area contributed by atoms with Crippen LogP contribution in [0.4, 0.5) is 0 Å². The van der Waals surface area contributed by atoms with E-state index in [-0.39, 0.29) is 6.16 Å². The number of ketones is 1. The van der Waals surface area contributed by atoms with Crippen molar-refractivity contribution in [1.82, 2.24) is 0 Å². The van der Waals surface area contributed by atoms with Crippen LogP contribution in [-0.2, 0) is 9.36 Å². The van der Waals surface area contributed by atoms with Crippen LogP contribution in [0.15, 0.2) is 12.2 Å². The largest absolute Gasteiger partial charge is 0.380 e. The topological polar surface area (TPSA) is 54.4 Å². The zero-order valence-corrected chi connectivity index (χ0v) is 6.76. The number of carbonyl (C=O) groups is 1. The molecule has 0 saturated heterocycles. The summed E-state index contributed by atoms with van der Waals surface area (Å²) in [5.41, 5.74) is 0.297. The molecule has 4 heteroatoms. The van der Waals surface area contributed by atoms with Crippen molar-refractivity contribution in [3.05, 3.63) is 12.2 Å². The summed E-state index contributed by atoms with van der Waals surface area (Å²) in [5.74, 6) is -0.427. The first kappa shape index (κ1) is 9.47. The lowest BCUT2D eigenvalue weighted by Crippen LogP contribution is -2.22. The van der Waals surface area contributed by atoms with Crippen molar-refractivity contribution < 1.29 is 14.5 Å². The Morgan fingerprint density at radius 1 is 1.80 bits per heavy atom. The maximum Gasteiger partial charge on any atom is 0.328 e. The highest BCUT2D eigenvalue weighted by molar-refractivity contribution is 7.23. The van der Waals surface area contributed by atoms with Crippen molar-refractivity contribution in [3.8, 4) is 0 Å². The van der Waals surface area contributed by atoms with Crippen molar-refractivity contribution in [2.45, 2.75) is 13.0 Å². The molecule has 3 nitrogen and oxygen atoms in total. The van der Waals surface area contributed by atoms with Gasteiger partial charge in [0.15, 0.2) is 18.0 Å². The molecule has 0 aromatic heterocycles. The lowest BCUT2D eigenvalue weighted by atomic mass is 10.1. The minimum absolute atomic E-state index is 0.00565. The summed E-state index contributed by atoms with van der Waals surface area (Å²) in [6.07, 6.45) is -1.13. The van der Waals surface area contributed by atoms with E-state index in [4.69, 9.17) is 5.11 Å². The first-order valence-electron chi connectivity index (χ1n) is 2.82. The van der Waals surface area contributed by atoms with E-state index in [1.807, 2.05) is 0 Å². The summed E-state index contributed by atoms with van der Waals surface area (Å²) in [5, 5.41) is 8.88. The SMILES string of the molecule is C=C(C)C(=O)C(O)C[PH+]=O. The Morgan fingerprint density at radius 3 is 2.60 bits per heavy atom. The molecule has 0 fully saturated rings. The molecule has 2 atom stereocenters. The fourth-order valence-electron chi connectivity index (χ4n) is 0.456. The molecule has 0 amide bonds. The molecular weight excluding hydrogens is 151 g/mol. The van der Waals surface area contributed by atoms with E-state index in [0.29, 0.717) is 5.57 Å². The molecule has 1 N–H and O–H groups in total. The van der Waals surface area contributed by atoms with Crippen molar-refractivity contribution in [1.29, 1.82) is 0 Å². The number of carbonyl (C=O) groups excluding carboxylic acids is 1. The maximum absolute atomic E-state index is 10.7. The summed E-state index contributed by atoms with van der Waals surface area (Å²) in [6.45, 7) is 4.86. The number of aliphatic hydroxyl groups excluding tert-OH is 1. The molecule has 0 spiro atoms. The normalized spacial score (nSPS) is 13.0. The zero-order valence-electron chi connectivity index (χ0n) is 5.76. The van der Waals surface area contributed by atoms with Crippen LogP contribution in [-0.4, -0.2) is 23.2 Å². The van der Waals surface area contributed by atoms with E-state index in [2.05, 4.69) is 6.58 Å². The van der Waals surface area contributed by atoms with Crippen molar-refractivity contribution in [3.63, 3.8) is 0 Å². The summed E-state index contributed by atoms with van der Waals surface area (Å²) in [7, 11) is -0.638. The van der Waals surface area contributed by atoms with Gasteiger partial charge >= 0.3 is 8.46 Å². The number of Topliss-reactive ketones (excluding diaryl/α,β-unsaturated/α-hetero) is 1. The predicted molar refractivity (Wildman–Crippen MR) is 39.7 cm³/mol. The molecule has 10 heavy (non-hydrogen) atoms. The second-order valence-corrected chi connectivity index (χ2v) is 2.71. The van der Waals surface area contributed by atoms with Crippen LogP contribution in [0.1, 0.15) is 6.92 Å². The van der Waals surface area contributed by atoms with Crippen LogP contribution in [0, 0.1) is 0 Å². The van der Waals surface area contributed by atoms with Crippen LogP contribution in [0.3, 0.4) is 0 Å². The van der Waals surface area contributed by atoms with Crippen LogP contribution in [0.25, 0.3) is 0 Å². The predicted octanol–water partition coefficient (Wildman–Crippen LogP) is 0.516. The third-order valence-electron chi connectivity index (χ3n) is 1.000. The zero-order chi connectivity index (χ0) is 8.15. The monoisotopic (exact) mass is 161 g/mol. The number of aliphatic hydroxyl groups is 1. The molecule has 0 aliphatic heterocycles. The van der Waals surface area contributed by atoms with Gasteiger partial charge < -0.3 is 5.11 Å². The fourth-order valence-corrected chi connectivity index (χ4v) is 0.799. The van der Waals surface area contributed by atoms with Gasteiger partial charge in [-0.25, -0.2) is 0 Å². The quantitative estimate of drug-likeness (QED) is 0.483. The third-order valence-corrected chi connectivity index (χ3v) is 1.55. The second-order valence-electron chi connectivity index (χ2n) is 2.01. The molecule has 2 unspecified atom stereocenters. The highest BCUT2D eigenvalue weighted by atomic mass is 31.1. The molecule has 0 heterocycles. The molecule has 0 bridgehead atoms. The molecule has 0 radical (unpaired) electrons. The highest BCUT2D eigenvalue weighted by Crippen LogP contribution is 2.02. The van der Waals surface area contributed by atoms with E-state index in [0.717, 1.165) is 0 Å². The minimum Gasteiger partial charge on any atom is -0.380 e. The Labute approximate surface area is 60.9 Å². The molecule has 0 aliphatic rings. The average Bonchev–Trinajstić information content (AvgIpc) is 1.87.